The van der Waals surface area contributed by atoms with Crippen LogP contribution in [-0.2, 0) is 13.5 Å². The Labute approximate surface area is 126 Å². The van der Waals surface area contributed by atoms with E-state index >= 15 is 0 Å². The summed E-state index contributed by atoms with van der Waals surface area (Å²) in [5.41, 5.74) is 3.37. The van der Waals surface area contributed by atoms with E-state index in [2.05, 4.69) is 28.5 Å². The lowest BCUT2D eigenvalue weighted by Crippen LogP contribution is -2.19. The van der Waals surface area contributed by atoms with Gasteiger partial charge in [0, 0.05) is 25.0 Å². The molecule has 0 radical (unpaired) electrons. The summed E-state index contributed by atoms with van der Waals surface area (Å²) in [4.78, 5) is 4.30. The molecule has 5 nitrogen and oxygen atoms in total. The molecule has 2 rings (SSSR count). The maximum Gasteiger partial charge on any atom is 0.138 e. The average molecular weight is 288 g/mol. The molecule has 0 aliphatic rings. The van der Waals surface area contributed by atoms with Crippen molar-refractivity contribution in [1.82, 2.24) is 20.1 Å². The molecule has 0 aliphatic heterocycles. The van der Waals surface area contributed by atoms with E-state index in [9.17, 15) is 0 Å². The van der Waals surface area contributed by atoms with E-state index < -0.39 is 0 Å². The topological polar surface area (TPSA) is 52.0 Å². The normalized spacial score (nSPS) is 12.7. The standard InChI is InChI=1S/C16H24N4O/c1-6-15-14(10-20(5)19-15)16(17-4)12-7-13(9-18-8-12)21-11(2)3/h7-11,16-17H,6H2,1-5H3. The third kappa shape index (κ3) is 3.61. The summed E-state index contributed by atoms with van der Waals surface area (Å²) in [6, 6.07) is 2.11. The van der Waals surface area contributed by atoms with E-state index in [1.54, 1.807) is 6.20 Å². The van der Waals surface area contributed by atoms with Crippen LogP contribution in [0.2, 0.25) is 0 Å². The number of aryl methyl sites for hydroxylation is 2. The van der Waals surface area contributed by atoms with Crippen molar-refractivity contribution in [3.8, 4) is 5.75 Å². The van der Waals surface area contributed by atoms with Gasteiger partial charge in [0.05, 0.1) is 24.0 Å². The maximum atomic E-state index is 5.74. The number of rotatable bonds is 6. The lowest BCUT2D eigenvalue weighted by molar-refractivity contribution is 0.241. The zero-order chi connectivity index (χ0) is 15.4. The van der Waals surface area contributed by atoms with Gasteiger partial charge in [0.15, 0.2) is 0 Å². The smallest absolute Gasteiger partial charge is 0.138 e. The average Bonchev–Trinajstić information content (AvgIpc) is 2.80. The molecular weight excluding hydrogens is 264 g/mol. The van der Waals surface area contributed by atoms with Crippen LogP contribution in [0.3, 0.4) is 0 Å². The molecule has 2 aromatic heterocycles. The number of nitrogens with zero attached hydrogens (tertiary/aromatic N) is 3. The van der Waals surface area contributed by atoms with E-state index in [-0.39, 0.29) is 12.1 Å². The molecule has 0 aromatic carbocycles. The summed E-state index contributed by atoms with van der Waals surface area (Å²) in [5.74, 6) is 0.796. The minimum atomic E-state index is 0.0665. The van der Waals surface area contributed by atoms with E-state index in [1.807, 2.05) is 44.9 Å². The van der Waals surface area contributed by atoms with Gasteiger partial charge >= 0.3 is 0 Å². The number of ether oxygens (including phenoxy) is 1. The van der Waals surface area contributed by atoms with Crippen LogP contribution in [0.1, 0.15) is 43.6 Å². The fourth-order valence-corrected chi connectivity index (χ4v) is 2.50. The lowest BCUT2D eigenvalue weighted by Gasteiger charge is -2.18. The molecule has 21 heavy (non-hydrogen) atoms. The second kappa shape index (κ2) is 6.72. The van der Waals surface area contributed by atoms with Crippen LogP contribution in [0.4, 0.5) is 0 Å². The Kier molecular flexibility index (Phi) is 4.96. The largest absolute Gasteiger partial charge is 0.489 e. The van der Waals surface area contributed by atoms with E-state index in [1.165, 1.54) is 5.56 Å². The van der Waals surface area contributed by atoms with Crippen LogP contribution in [-0.4, -0.2) is 27.9 Å². The maximum absolute atomic E-state index is 5.74. The molecule has 2 heterocycles. The molecule has 0 bridgehead atoms. The summed E-state index contributed by atoms with van der Waals surface area (Å²) < 4.78 is 7.60. The van der Waals surface area contributed by atoms with Crippen LogP contribution < -0.4 is 10.1 Å². The molecule has 0 saturated carbocycles. The first-order chi connectivity index (χ1) is 10.0. The monoisotopic (exact) mass is 288 g/mol. The van der Waals surface area contributed by atoms with Crippen molar-refractivity contribution in [1.29, 1.82) is 0 Å². The second-order valence-corrected chi connectivity index (χ2v) is 5.40. The van der Waals surface area contributed by atoms with Gasteiger partial charge < -0.3 is 10.1 Å². The summed E-state index contributed by atoms with van der Waals surface area (Å²) in [6.07, 6.45) is 6.74. The number of hydrogen-bond donors (Lipinski definition) is 1. The third-order valence-electron chi connectivity index (χ3n) is 3.31. The van der Waals surface area contributed by atoms with Crippen LogP contribution >= 0.6 is 0 Å². The Bertz CT molecular complexity index is 592. The quantitative estimate of drug-likeness (QED) is 0.887. The van der Waals surface area contributed by atoms with Gasteiger partial charge in [0.25, 0.3) is 0 Å². The molecule has 1 N–H and O–H groups in total. The zero-order valence-electron chi connectivity index (χ0n) is 13.4. The Morgan fingerprint density at radius 1 is 1.33 bits per heavy atom. The van der Waals surface area contributed by atoms with Gasteiger partial charge in [-0.1, -0.05) is 6.92 Å². The molecule has 0 aliphatic carbocycles. The van der Waals surface area contributed by atoms with Gasteiger partial charge in [-0.25, -0.2) is 0 Å². The molecule has 1 unspecified atom stereocenters. The second-order valence-electron chi connectivity index (χ2n) is 5.40. The summed E-state index contributed by atoms with van der Waals surface area (Å²) in [5, 5.41) is 7.87. The SMILES string of the molecule is CCc1nn(C)cc1C(NC)c1cncc(OC(C)C)c1. The van der Waals surface area contributed by atoms with Crippen molar-refractivity contribution in [2.75, 3.05) is 7.05 Å². The summed E-state index contributed by atoms with van der Waals surface area (Å²) >= 11 is 0. The van der Waals surface area contributed by atoms with Crippen molar-refractivity contribution < 1.29 is 4.74 Å². The van der Waals surface area contributed by atoms with E-state index in [0.29, 0.717) is 0 Å². The number of hydrogen-bond acceptors (Lipinski definition) is 4. The first-order valence-corrected chi connectivity index (χ1v) is 7.36. The van der Waals surface area contributed by atoms with Crippen molar-refractivity contribution in [3.05, 3.63) is 41.5 Å². The molecule has 1 atom stereocenters. The first-order valence-electron chi connectivity index (χ1n) is 7.36. The molecule has 0 spiro atoms. The Morgan fingerprint density at radius 3 is 2.71 bits per heavy atom. The van der Waals surface area contributed by atoms with E-state index in [0.717, 1.165) is 23.4 Å². The van der Waals surface area contributed by atoms with Crippen molar-refractivity contribution in [3.63, 3.8) is 0 Å². The van der Waals surface area contributed by atoms with Crippen LogP contribution in [0, 0.1) is 0 Å². The highest BCUT2D eigenvalue weighted by atomic mass is 16.5. The summed E-state index contributed by atoms with van der Waals surface area (Å²) in [7, 11) is 3.90. The van der Waals surface area contributed by atoms with E-state index in [4.69, 9.17) is 4.74 Å². The van der Waals surface area contributed by atoms with Gasteiger partial charge in [-0.05, 0) is 38.9 Å². The molecule has 2 aromatic rings. The van der Waals surface area contributed by atoms with Gasteiger partial charge in [0.1, 0.15) is 5.75 Å². The zero-order valence-corrected chi connectivity index (χ0v) is 13.4. The highest BCUT2D eigenvalue weighted by Gasteiger charge is 2.19. The predicted molar refractivity (Wildman–Crippen MR) is 83.5 cm³/mol. The van der Waals surface area contributed by atoms with Gasteiger partial charge in [-0.3, -0.25) is 9.67 Å². The number of pyridine rings is 1. The molecule has 114 valence electrons. The van der Waals surface area contributed by atoms with Gasteiger partial charge in [-0.15, -0.1) is 0 Å². The number of aromatic nitrogens is 3. The molecule has 0 saturated heterocycles. The fraction of sp³-hybridized carbons (Fsp3) is 0.500. The van der Waals surface area contributed by atoms with Crippen molar-refractivity contribution >= 4 is 0 Å². The lowest BCUT2D eigenvalue weighted by atomic mass is 10.00. The van der Waals surface area contributed by atoms with Crippen LogP contribution in [0.15, 0.2) is 24.7 Å². The highest BCUT2D eigenvalue weighted by molar-refractivity contribution is 5.35. The van der Waals surface area contributed by atoms with Gasteiger partial charge in [-0.2, -0.15) is 5.10 Å². The van der Waals surface area contributed by atoms with Crippen molar-refractivity contribution in [2.45, 2.75) is 39.3 Å². The number of nitrogens with one attached hydrogen (secondary N) is 1. The molecular formula is C16H24N4O. The van der Waals surface area contributed by atoms with Crippen LogP contribution in [0.5, 0.6) is 5.75 Å². The minimum Gasteiger partial charge on any atom is -0.489 e. The Balaban J connectivity index is 2.36. The summed E-state index contributed by atoms with van der Waals surface area (Å²) in [6.45, 7) is 6.15. The molecule has 0 fully saturated rings. The molecule has 5 heteroatoms. The molecule has 0 amide bonds. The van der Waals surface area contributed by atoms with Gasteiger partial charge in [0.2, 0.25) is 0 Å². The fourth-order valence-electron chi connectivity index (χ4n) is 2.50. The third-order valence-corrected chi connectivity index (χ3v) is 3.31. The highest BCUT2D eigenvalue weighted by Crippen LogP contribution is 2.26. The Hall–Kier alpha value is -1.88. The van der Waals surface area contributed by atoms with Crippen LogP contribution in [0.25, 0.3) is 0 Å². The minimum absolute atomic E-state index is 0.0665. The first kappa shape index (κ1) is 15.5. The van der Waals surface area contributed by atoms with Crippen molar-refractivity contribution in [2.24, 2.45) is 7.05 Å². The Morgan fingerprint density at radius 2 is 2.10 bits per heavy atom. The predicted octanol–water partition coefficient (Wildman–Crippen LogP) is 2.47.